The van der Waals surface area contributed by atoms with Gasteiger partial charge in [0.25, 0.3) is 0 Å². The molecule has 0 aliphatic rings. The first-order chi connectivity index (χ1) is 24.9. The van der Waals surface area contributed by atoms with E-state index in [9.17, 15) is 0 Å². The SMILES string of the molecule is C#CCCCCCCCCCCCCCCCCCCCCCCCCCCCCCCCCCCCCCCCCCCCCCCCC. The minimum Gasteiger partial charge on any atom is -0.120 e. The first-order valence-electron chi connectivity index (χ1n) is 24.3. The number of hydrogen-bond donors (Lipinski definition) is 0. The molecule has 0 radical (unpaired) electrons. The van der Waals surface area contributed by atoms with Gasteiger partial charge in [-0.3, -0.25) is 0 Å². The second-order valence-electron chi connectivity index (χ2n) is 16.9. The van der Waals surface area contributed by atoms with Crippen molar-refractivity contribution in [3.63, 3.8) is 0 Å². The van der Waals surface area contributed by atoms with Gasteiger partial charge in [0, 0.05) is 6.42 Å². The van der Waals surface area contributed by atoms with E-state index in [1.807, 2.05) is 0 Å². The van der Waals surface area contributed by atoms with E-state index in [0.29, 0.717) is 0 Å². The third-order valence-electron chi connectivity index (χ3n) is 11.7. The van der Waals surface area contributed by atoms with Gasteiger partial charge in [-0.1, -0.05) is 296 Å². The average Bonchev–Trinajstić information content (AvgIpc) is 3.13. The first kappa shape index (κ1) is 49.6. The van der Waals surface area contributed by atoms with E-state index in [1.165, 1.54) is 295 Å². The first-order valence-corrected chi connectivity index (χ1v) is 24.3. The maximum Gasteiger partial charge on any atom is 0.00860 e. The van der Waals surface area contributed by atoms with Crippen LogP contribution in [0.3, 0.4) is 0 Å². The van der Waals surface area contributed by atoms with Crippen molar-refractivity contribution in [3.05, 3.63) is 0 Å². The Bertz CT molecular complexity index is 598. The standard InChI is InChI=1S/C50H98/c1-3-5-7-9-11-13-15-17-19-21-23-25-27-29-31-33-35-37-39-41-43-45-47-49-50-48-46-44-42-40-38-36-34-32-30-28-26-24-22-20-18-16-14-12-10-8-6-4-2/h1H,4-50H2,2H3. The molecule has 0 bridgehead atoms. The molecule has 0 heterocycles. The second-order valence-corrected chi connectivity index (χ2v) is 16.9. The molecule has 0 fully saturated rings. The molecule has 0 saturated heterocycles. The average molecular weight is 699 g/mol. The van der Waals surface area contributed by atoms with Crippen molar-refractivity contribution >= 4 is 0 Å². The van der Waals surface area contributed by atoms with Gasteiger partial charge in [0.15, 0.2) is 0 Å². The maximum atomic E-state index is 5.31. The predicted molar refractivity (Wildman–Crippen MR) is 232 cm³/mol. The van der Waals surface area contributed by atoms with E-state index in [-0.39, 0.29) is 0 Å². The van der Waals surface area contributed by atoms with E-state index in [0.717, 1.165) is 6.42 Å². The summed E-state index contributed by atoms with van der Waals surface area (Å²) in [5.41, 5.74) is 0. The molecule has 0 spiro atoms. The van der Waals surface area contributed by atoms with E-state index >= 15 is 0 Å². The summed E-state index contributed by atoms with van der Waals surface area (Å²) in [5, 5.41) is 0. The second kappa shape index (κ2) is 48.6. The van der Waals surface area contributed by atoms with Crippen molar-refractivity contribution in [3.8, 4) is 12.3 Å². The summed E-state index contributed by atoms with van der Waals surface area (Å²) in [6.07, 6.45) is 73.9. The van der Waals surface area contributed by atoms with Crippen LogP contribution in [-0.4, -0.2) is 0 Å². The molecular weight excluding hydrogens is 601 g/mol. The summed E-state index contributed by atoms with van der Waals surface area (Å²) >= 11 is 0. The molecule has 0 atom stereocenters. The lowest BCUT2D eigenvalue weighted by atomic mass is 10.0. The molecule has 298 valence electrons. The topological polar surface area (TPSA) is 0 Å². The highest BCUT2D eigenvalue weighted by atomic mass is 14.0. The quantitative estimate of drug-likeness (QED) is 0.0438. The summed E-state index contributed by atoms with van der Waals surface area (Å²) in [6.45, 7) is 2.31. The van der Waals surface area contributed by atoms with Crippen LogP contribution in [0.15, 0.2) is 0 Å². The molecule has 0 aromatic rings. The molecule has 0 unspecified atom stereocenters. The van der Waals surface area contributed by atoms with Crippen LogP contribution in [0.1, 0.15) is 309 Å². The van der Waals surface area contributed by atoms with Crippen LogP contribution < -0.4 is 0 Å². The van der Waals surface area contributed by atoms with E-state index in [1.54, 1.807) is 0 Å². The monoisotopic (exact) mass is 699 g/mol. The van der Waals surface area contributed by atoms with Crippen molar-refractivity contribution < 1.29 is 0 Å². The van der Waals surface area contributed by atoms with Gasteiger partial charge in [0.05, 0.1) is 0 Å². The number of rotatable bonds is 46. The van der Waals surface area contributed by atoms with Crippen LogP contribution in [0.2, 0.25) is 0 Å². The minimum absolute atomic E-state index is 0.972. The maximum absolute atomic E-state index is 5.31. The van der Waals surface area contributed by atoms with Crippen molar-refractivity contribution in [1.82, 2.24) is 0 Å². The fourth-order valence-electron chi connectivity index (χ4n) is 8.08. The normalized spacial score (nSPS) is 11.4. The van der Waals surface area contributed by atoms with E-state index < -0.39 is 0 Å². The van der Waals surface area contributed by atoms with Crippen LogP contribution in [0.4, 0.5) is 0 Å². The van der Waals surface area contributed by atoms with Gasteiger partial charge in [-0.2, -0.15) is 0 Å². The van der Waals surface area contributed by atoms with Gasteiger partial charge in [0.1, 0.15) is 0 Å². The molecule has 0 nitrogen and oxygen atoms in total. The van der Waals surface area contributed by atoms with Crippen LogP contribution in [0.5, 0.6) is 0 Å². The van der Waals surface area contributed by atoms with Crippen molar-refractivity contribution in [2.75, 3.05) is 0 Å². The highest BCUT2D eigenvalue weighted by Crippen LogP contribution is 2.18. The Morgan fingerprint density at radius 2 is 0.320 bits per heavy atom. The Kier molecular flexibility index (Phi) is 48.1. The van der Waals surface area contributed by atoms with E-state index in [4.69, 9.17) is 6.42 Å². The molecule has 0 N–H and O–H groups in total. The number of terminal acetylenes is 1. The zero-order valence-electron chi connectivity index (χ0n) is 35.3. The zero-order valence-corrected chi connectivity index (χ0v) is 35.3. The van der Waals surface area contributed by atoms with Crippen molar-refractivity contribution in [1.29, 1.82) is 0 Å². The van der Waals surface area contributed by atoms with Gasteiger partial charge in [-0.15, -0.1) is 12.3 Å². The largest absolute Gasteiger partial charge is 0.120 e. The summed E-state index contributed by atoms with van der Waals surface area (Å²) in [4.78, 5) is 0. The summed E-state index contributed by atoms with van der Waals surface area (Å²) < 4.78 is 0. The summed E-state index contributed by atoms with van der Waals surface area (Å²) in [7, 11) is 0. The Hall–Kier alpha value is -0.440. The van der Waals surface area contributed by atoms with Crippen LogP contribution >= 0.6 is 0 Å². The molecule has 0 aromatic carbocycles. The van der Waals surface area contributed by atoms with Gasteiger partial charge in [-0.05, 0) is 6.42 Å². The third kappa shape index (κ3) is 47.6. The Balaban J connectivity index is 3.04. The molecular formula is C50H98. The third-order valence-corrected chi connectivity index (χ3v) is 11.7. The Morgan fingerprint density at radius 3 is 0.440 bits per heavy atom. The summed E-state index contributed by atoms with van der Waals surface area (Å²) in [5.74, 6) is 2.75. The van der Waals surface area contributed by atoms with Crippen LogP contribution in [0, 0.1) is 12.3 Å². The summed E-state index contributed by atoms with van der Waals surface area (Å²) in [6, 6.07) is 0. The minimum atomic E-state index is 0.972. The molecule has 0 rings (SSSR count). The lowest BCUT2D eigenvalue weighted by Gasteiger charge is -2.05. The molecule has 0 aliphatic carbocycles. The molecule has 0 aromatic heterocycles. The predicted octanol–water partition coefficient (Wildman–Crippen LogP) is 19.0. The lowest BCUT2D eigenvalue weighted by Crippen LogP contribution is -1.85. The fraction of sp³-hybridized carbons (Fsp3) is 0.960. The van der Waals surface area contributed by atoms with E-state index in [2.05, 4.69) is 12.8 Å². The van der Waals surface area contributed by atoms with Crippen molar-refractivity contribution in [2.24, 2.45) is 0 Å². The number of hydrogen-bond acceptors (Lipinski definition) is 0. The molecule has 50 heavy (non-hydrogen) atoms. The molecule has 0 aliphatic heterocycles. The fourth-order valence-corrected chi connectivity index (χ4v) is 8.08. The highest BCUT2D eigenvalue weighted by Gasteiger charge is 1.98. The zero-order chi connectivity index (χ0) is 35.9. The smallest absolute Gasteiger partial charge is 0.00860 e. The van der Waals surface area contributed by atoms with Gasteiger partial charge < -0.3 is 0 Å². The Labute approximate surface area is 320 Å². The van der Waals surface area contributed by atoms with Crippen LogP contribution in [-0.2, 0) is 0 Å². The van der Waals surface area contributed by atoms with Gasteiger partial charge >= 0.3 is 0 Å². The van der Waals surface area contributed by atoms with Gasteiger partial charge in [-0.25, -0.2) is 0 Å². The molecule has 0 saturated carbocycles. The van der Waals surface area contributed by atoms with Crippen LogP contribution in [0.25, 0.3) is 0 Å². The molecule has 0 heteroatoms. The molecule has 0 amide bonds. The van der Waals surface area contributed by atoms with Crippen molar-refractivity contribution in [2.45, 2.75) is 309 Å². The van der Waals surface area contributed by atoms with Gasteiger partial charge in [0.2, 0.25) is 0 Å². The highest BCUT2D eigenvalue weighted by molar-refractivity contribution is 4.82. The number of unbranched alkanes of at least 4 members (excludes halogenated alkanes) is 46. The Morgan fingerprint density at radius 1 is 0.200 bits per heavy atom. The lowest BCUT2D eigenvalue weighted by molar-refractivity contribution is 0.508.